The summed E-state index contributed by atoms with van der Waals surface area (Å²) in [6.45, 7) is 1.80. The van der Waals surface area contributed by atoms with Crippen molar-refractivity contribution in [3.05, 3.63) is 102 Å². The number of benzene rings is 3. The van der Waals surface area contributed by atoms with Crippen molar-refractivity contribution in [2.24, 2.45) is 0 Å². The summed E-state index contributed by atoms with van der Waals surface area (Å²) in [4.78, 5) is 16.1. The largest absolute Gasteiger partial charge is 0.491 e. The number of hydrogen-bond acceptors (Lipinski definition) is 3. The lowest BCUT2D eigenvalue weighted by molar-refractivity contribution is -0.137. The summed E-state index contributed by atoms with van der Waals surface area (Å²) in [5.41, 5.74) is 3.76. The van der Waals surface area contributed by atoms with Crippen LogP contribution in [0.25, 0.3) is 22.3 Å². The molecule has 0 aliphatic heterocycles. The van der Waals surface area contributed by atoms with Crippen molar-refractivity contribution in [3.63, 3.8) is 0 Å². The Labute approximate surface area is 201 Å². The first-order chi connectivity index (χ1) is 16.8. The first-order valence-electron chi connectivity index (χ1n) is 11.0. The Bertz CT molecular complexity index is 1300. The lowest BCUT2D eigenvalue weighted by Gasteiger charge is -2.16. The van der Waals surface area contributed by atoms with Crippen molar-refractivity contribution in [1.29, 1.82) is 0 Å². The number of anilines is 1. The normalized spacial score (nSPS) is 11.2. The second-order valence-electron chi connectivity index (χ2n) is 7.93. The van der Waals surface area contributed by atoms with Crippen molar-refractivity contribution in [3.8, 4) is 28.0 Å². The maximum absolute atomic E-state index is 13.0. The van der Waals surface area contributed by atoms with Crippen LogP contribution in [0.15, 0.2) is 91.1 Å². The van der Waals surface area contributed by atoms with Crippen LogP contribution in [0.5, 0.6) is 5.75 Å². The molecule has 1 N–H and O–H groups in total. The van der Waals surface area contributed by atoms with Gasteiger partial charge in [0.25, 0.3) is 0 Å². The van der Waals surface area contributed by atoms with Crippen LogP contribution in [0.2, 0.25) is 0 Å². The number of nitrogens with one attached hydrogen (secondary N) is 1. The smallest absolute Gasteiger partial charge is 0.416 e. The predicted octanol–water partition coefficient (Wildman–Crippen LogP) is 7.01. The van der Waals surface area contributed by atoms with Crippen LogP contribution in [0, 0.1) is 0 Å². The molecule has 178 valence electrons. The summed E-state index contributed by atoms with van der Waals surface area (Å²) in [6.07, 6.45) is -2.06. The van der Waals surface area contributed by atoms with Gasteiger partial charge < -0.3 is 10.1 Å². The Balaban J connectivity index is 1.63. The Morgan fingerprint density at radius 1 is 0.886 bits per heavy atom. The number of nitrogens with zero attached hydrogens (tertiary/aromatic N) is 1. The summed E-state index contributed by atoms with van der Waals surface area (Å²) in [5.74, 6) is 0.277. The van der Waals surface area contributed by atoms with Crippen LogP contribution in [0.3, 0.4) is 0 Å². The fraction of sp³-hybridized carbons (Fsp3) is 0.143. The molecule has 1 amide bonds. The molecule has 0 aliphatic rings. The minimum atomic E-state index is -4.39. The molecule has 0 atom stereocenters. The van der Waals surface area contributed by atoms with Gasteiger partial charge in [0.2, 0.25) is 5.91 Å². The van der Waals surface area contributed by atoms with Crippen molar-refractivity contribution in [1.82, 2.24) is 4.98 Å². The Hall–Kier alpha value is -4.13. The van der Waals surface area contributed by atoms with E-state index in [-0.39, 0.29) is 5.91 Å². The standard InChI is InChI=1S/C28H23F3N2O2/c1-19(34)33-26-18-21(11-14-27(26)35-17-15-23-6-4-5-16-32-23)25-8-3-2-7-24(25)20-9-12-22(13-10-20)28(29,30)31/h2-14,16,18H,15,17H2,1H3,(H,33,34). The predicted molar refractivity (Wildman–Crippen MR) is 130 cm³/mol. The molecule has 0 unspecified atom stereocenters. The lowest BCUT2D eigenvalue weighted by atomic mass is 9.93. The van der Waals surface area contributed by atoms with E-state index in [4.69, 9.17) is 4.74 Å². The topological polar surface area (TPSA) is 51.2 Å². The van der Waals surface area contributed by atoms with Crippen molar-refractivity contribution in [2.45, 2.75) is 19.5 Å². The van der Waals surface area contributed by atoms with Gasteiger partial charge in [-0.3, -0.25) is 9.78 Å². The second-order valence-corrected chi connectivity index (χ2v) is 7.93. The van der Waals surface area contributed by atoms with Gasteiger partial charge in [-0.2, -0.15) is 13.2 Å². The van der Waals surface area contributed by atoms with E-state index < -0.39 is 11.7 Å². The molecule has 0 fully saturated rings. The molecule has 4 aromatic rings. The van der Waals surface area contributed by atoms with E-state index in [9.17, 15) is 18.0 Å². The highest BCUT2D eigenvalue weighted by molar-refractivity contribution is 5.93. The number of carbonyl (C=O) groups excluding carboxylic acids is 1. The van der Waals surface area contributed by atoms with Gasteiger partial charge in [-0.15, -0.1) is 0 Å². The molecule has 35 heavy (non-hydrogen) atoms. The number of rotatable bonds is 7. The molecule has 7 heteroatoms. The van der Waals surface area contributed by atoms with Gasteiger partial charge in [-0.05, 0) is 58.7 Å². The molecule has 0 saturated heterocycles. The third-order valence-corrected chi connectivity index (χ3v) is 5.39. The van der Waals surface area contributed by atoms with E-state index in [1.165, 1.54) is 19.1 Å². The van der Waals surface area contributed by atoms with Crippen LogP contribution < -0.4 is 10.1 Å². The third-order valence-electron chi connectivity index (χ3n) is 5.39. The van der Waals surface area contributed by atoms with E-state index in [1.54, 1.807) is 18.3 Å². The summed E-state index contributed by atoms with van der Waals surface area (Å²) in [6, 6.07) is 23.6. The van der Waals surface area contributed by atoms with Crippen molar-refractivity contribution < 1.29 is 22.7 Å². The number of aromatic nitrogens is 1. The molecule has 1 aromatic heterocycles. The van der Waals surface area contributed by atoms with Crippen molar-refractivity contribution >= 4 is 11.6 Å². The zero-order valence-electron chi connectivity index (χ0n) is 19.0. The van der Waals surface area contributed by atoms with Crippen LogP contribution in [0.1, 0.15) is 18.2 Å². The number of halogens is 3. The van der Waals surface area contributed by atoms with Gasteiger partial charge in [-0.1, -0.05) is 48.5 Å². The molecule has 0 saturated carbocycles. The molecule has 4 nitrogen and oxygen atoms in total. The number of ether oxygens (including phenoxy) is 1. The highest BCUT2D eigenvalue weighted by atomic mass is 19.4. The first kappa shape index (κ1) is 24.0. The molecule has 4 rings (SSSR count). The third kappa shape index (κ3) is 6.06. The highest BCUT2D eigenvalue weighted by Crippen LogP contribution is 2.37. The SMILES string of the molecule is CC(=O)Nc1cc(-c2ccccc2-c2ccc(C(F)(F)F)cc2)ccc1OCCc1ccccn1. The summed E-state index contributed by atoms with van der Waals surface area (Å²) in [5, 5.41) is 2.81. The highest BCUT2D eigenvalue weighted by Gasteiger charge is 2.30. The minimum absolute atomic E-state index is 0.243. The molecule has 3 aromatic carbocycles. The van der Waals surface area contributed by atoms with E-state index in [1.807, 2.05) is 48.5 Å². The monoisotopic (exact) mass is 476 g/mol. The Morgan fingerprint density at radius 3 is 2.17 bits per heavy atom. The van der Waals surface area contributed by atoms with Gasteiger partial charge in [0.1, 0.15) is 5.75 Å². The molecule has 0 spiro atoms. The fourth-order valence-electron chi connectivity index (χ4n) is 3.75. The van der Waals surface area contributed by atoms with Gasteiger partial charge in [0.05, 0.1) is 17.9 Å². The molecular formula is C28H23F3N2O2. The van der Waals surface area contributed by atoms with Crippen LogP contribution in [-0.4, -0.2) is 17.5 Å². The van der Waals surface area contributed by atoms with Crippen LogP contribution in [-0.2, 0) is 17.4 Å². The summed E-state index contributed by atoms with van der Waals surface area (Å²) >= 11 is 0. The average molecular weight is 476 g/mol. The second kappa shape index (κ2) is 10.4. The number of hydrogen-bond donors (Lipinski definition) is 1. The summed E-state index contributed by atoms with van der Waals surface area (Å²) < 4.78 is 44.9. The van der Waals surface area contributed by atoms with E-state index in [0.717, 1.165) is 34.5 Å². The van der Waals surface area contributed by atoms with Crippen LogP contribution in [0.4, 0.5) is 18.9 Å². The quantitative estimate of drug-likeness (QED) is 0.312. The molecule has 1 heterocycles. The first-order valence-corrected chi connectivity index (χ1v) is 11.0. The zero-order valence-corrected chi connectivity index (χ0v) is 19.0. The van der Waals surface area contributed by atoms with Crippen LogP contribution >= 0.6 is 0 Å². The molecule has 0 radical (unpaired) electrons. The minimum Gasteiger partial charge on any atom is -0.491 e. The Morgan fingerprint density at radius 2 is 1.54 bits per heavy atom. The van der Waals surface area contributed by atoms with E-state index in [0.29, 0.717) is 30.0 Å². The lowest BCUT2D eigenvalue weighted by Crippen LogP contribution is -2.09. The maximum Gasteiger partial charge on any atom is 0.416 e. The van der Waals surface area contributed by atoms with E-state index in [2.05, 4.69) is 10.3 Å². The van der Waals surface area contributed by atoms with Gasteiger partial charge in [0, 0.05) is 25.2 Å². The number of alkyl halides is 3. The van der Waals surface area contributed by atoms with E-state index >= 15 is 0 Å². The summed E-state index contributed by atoms with van der Waals surface area (Å²) in [7, 11) is 0. The number of carbonyl (C=O) groups is 1. The van der Waals surface area contributed by atoms with Gasteiger partial charge in [-0.25, -0.2) is 0 Å². The zero-order chi connectivity index (χ0) is 24.8. The average Bonchev–Trinajstić information content (AvgIpc) is 2.85. The number of amides is 1. The van der Waals surface area contributed by atoms with Gasteiger partial charge >= 0.3 is 6.18 Å². The molecule has 0 bridgehead atoms. The molecule has 0 aliphatic carbocycles. The number of pyridine rings is 1. The maximum atomic E-state index is 13.0. The van der Waals surface area contributed by atoms with Gasteiger partial charge in [0.15, 0.2) is 0 Å². The van der Waals surface area contributed by atoms with Crippen molar-refractivity contribution in [2.75, 3.05) is 11.9 Å². The Kier molecular flexibility index (Phi) is 7.15. The molecular weight excluding hydrogens is 453 g/mol. The fourth-order valence-corrected chi connectivity index (χ4v) is 3.75.